The molecule has 0 aliphatic heterocycles. The molecule has 3 aromatic rings. The van der Waals surface area contributed by atoms with Crippen molar-refractivity contribution in [1.82, 2.24) is 19.5 Å². The van der Waals surface area contributed by atoms with E-state index in [1.165, 1.54) is 37.7 Å². The average molecular weight is 449 g/mol. The number of aromatic nitrogens is 4. The maximum atomic E-state index is 6.22. The van der Waals surface area contributed by atoms with E-state index in [4.69, 9.17) is 26.4 Å². The van der Waals surface area contributed by atoms with Gasteiger partial charge in [-0.25, -0.2) is 4.98 Å². The average Bonchev–Trinajstić information content (AvgIpc) is 3.26. The molecule has 0 saturated heterocycles. The first-order chi connectivity index (χ1) is 16.1. The molecule has 5 rings (SSSR count). The molecule has 0 unspecified atom stereocenters. The molecular weight excluding hydrogens is 412 g/mol. The van der Waals surface area contributed by atoms with Crippen LogP contribution in [0.25, 0.3) is 11.2 Å². The Morgan fingerprint density at radius 2 is 1.82 bits per heavy atom. The minimum atomic E-state index is 0.316. The maximum absolute atomic E-state index is 6.22. The van der Waals surface area contributed by atoms with E-state index in [0.29, 0.717) is 30.6 Å². The van der Waals surface area contributed by atoms with Gasteiger partial charge in [-0.2, -0.15) is 9.97 Å². The molecule has 0 atom stereocenters. The Morgan fingerprint density at radius 1 is 1.03 bits per heavy atom. The van der Waals surface area contributed by atoms with Gasteiger partial charge in [0.15, 0.2) is 17.0 Å². The van der Waals surface area contributed by atoms with Gasteiger partial charge in [-0.3, -0.25) is 0 Å². The smallest absolute Gasteiger partial charge is 0.227 e. The summed E-state index contributed by atoms with van der Waals surface area (Å²) in [7, 11) is 0. The minimum Gasteiger partial charge on any atom is -0.398 e. The summed E-state index contributed by atoms with van der Waals surface area (Å²) < 4.78 is 2.27. The summed E-state index contributed by atoms with van der Waals surface area (Å²) in [5, 5.41) is 7.10. The molecule has 0 radical (unpaired) electrons. The zero-order valence-electron chi connectivity index (χ0n) is 19.6. The SMILES string of the molecule is Cc1ccc(N)c(CNc2nc(NC3CCC(N)CC3)nc3c2ncn3C2CCCCC2)c1. The molecule has 2 heterocycles. The number of benzene rings is 1. The molecule has 6 N–H and O–H groups in total. The van der Waals surface area contributed by atoms with Crippen molar-refractivity contribution in [1.29, 1.82) is 0 Å². The van der Waals surface area contributed by atoms with Crippen LogP contribution >= 0.6 is 0 Å². The van der Waals surface area contributed by atoms with Crippen LogP contribution in [0.15, 0.2) is 24.5 Å². The number of aryl methyl sites for hydroxylation is 1. The number of nitrogens with one attached hydrogen (secondary N) is 2. The Labute approximate surface area is 195 Å². The molecule has 1 aromatic carbocycles. The van der Waals surface area contributed by atoms with Crippen LogP contribution in [0.4, 0.5) is 17.5 Å². The van der Waals surface area contributed by atoms with E-state index in [1.807, 2.05) is 18.5 Å². The summed E-state index contributed by atoms with van der Waals surface area (Å²) in [6, 6.07) is 7.24. The first-order valence-electron chi connectivity index (χ1n) is 12.4. The number of fused-ring (bicyclic) bond motifs is 1. The van der Waals surface area contributed by atoms with Crippen LogP contribution in [0.1, 0.15) is 75.0 Å². The van der Waals surface area contributed by atoms with Crippen molar-refractivity contribution in [2.24, 2.45) is 5.73 Å². The van der Waals surface area contributed by atoms with Crippen LogP contribution in [-0.2, 0) is 6.54 Å². The summed E-state index contributed by atoms with van der Waals surface area (Å²) in [5.41, 5.74) is 17.1. The lowest BCUT2D eigenvalue weighted by Gasteiger charge is -2.27. The highest BCUT2D eigenvalue weighted by atomic mass is 15.2. The molecule has 2 fully saturated rings. The van der Waals surface area contributed by atoms with E-state index >= 15 is 0 Å². The van der Waals surface area contributed by atoms with E-state index in [0.717, 1.165) is 53.9 Å². The van der Waals surface area contributed by atoms with Gasteiger partial charge in [0.2, 0.25) is 5.95 Å². The molecule has 2 aromatic heterocycles. The van der Waals surface area contributed by atoms with Gasteiger partial charge < -0.3 is 26.7 Å². The number of nitrogens with zero attached hydrogens (tertiary/aromatic N) is 4. The maximum Gasteiger partial charge on any atom is 0.227 e. The van der Waals surface area contributed by atoms with Gasteiger partial charge in [0.25, 0.3) is 0 Å². The van der Waals surface area contributed by atoms with Crippen molar-refractivity contribution in [3.05, 3.63) is 35.7 Å². The van der Waals surface area contributed by atoms with Crippen LogP contribution in [0.2, 0.25) is 0 Å². The van der Waals surface area contributed by atoms with Crippen molar-refractivity contribution in [3.8, 4) is 0 Å². The van der Waals surface area contributed by atoms with E-state index in [9.17, 15) is 0 Å². The normalized spacial score (nSPS) is 21.9. The fourth-order valence-corrected chi connectivity index (χ4v) is 5.24. The second-order valence-electron chi connectivity index (χ2n) is 9.82. The Hall–Kier alpha value is -2.87. The van der Waals surface area contributed by atoms with Crippen LogP contribution < -0.4 is 22.1 Å². The predicted octanol–water partition coefficient (Wildman–Crippen LogP) is 4.52. The summed E-state index contributed by atoms with van der Waals surface area (Å²) in [5.74, 6) is 1.42. The van der Waals surface area contributed by atoms with Crippen molar-refractivity contribution in [2.45, 2.75) is 89.4 Å². The number of hydrogen-bond donors (Lipinski definition) is 4. The first kappa shape index (κ1) is 21.9. The lowest BCUT2D eigenvalue weighted by Crippen LogP contribution is -2.33. The van der Waals surface area contributed by atoms with Crippen LogP contribution in [0.3, 0.4) is 0 Å². The lowest BCUT2D eigenvalue weighted by atomic mass is 9.92. The number of nitrogens with two attached hydrogens (primary N) is 2. The fourth-order valence-electron chi connectivity index (χ4n) is 5.24. The van der Waals surface area contributed by atoms with Gasteiger partial charge >= 0.3 is 0 Å². The summed E-state index contributed by atoms with van der Waals surface area (Å²) in [6.07, 6.45) is 12.3. The Balaban J connectivity index is 1.46. The zero-order valence-corrected chi connectivity index (χ0v) is 19.6. The fraction of sp³-hybridized carbons (Fsp3) is 0.560. The van der Waals surface area contributed by atoms with Gasteiger partial charge in [0.05, 0.1) is 6.33 Å². The molecule has 8 heteroatoms. The first-order valence-corrected chi connectivity index (χ1v) is 12.4. The van der Waals surface area contributed by atoms with Crippen LogP contribution in [-0.4, -0.2) is 31.6 Å². The van der Waals surface area contributed by atoms with Gasteiger partial charge in [-0.1, -0.05) is 37.0 Å². The standard InChI is InChI=1S/C25H36N8/c1-16-7-12-21(27)17(13-16)14-28-23-22-24(33(15-29-22)20-5-3-2-4-6-20)32-25(31-23)30-19-10-8-18(26)9-11-19/h7,12-13,15,18-20H,2-6,8-11,14,26-27H2,1H3,(H2,28,30,31,32). The van der Waals surface area contributed by atoms with Crippen molar-refractivity contribution >= 4 is 28.6 Å². The number of rotatable bonds is 6. The van der Waals surface area contributed by atoms with E-state index in [-0.39, 0.29) is 0 Å². The summed E-state index contributed by atoms with van der Waals surface area (Å²) >= 11 is 0. The number of imidazole rings is 1. The topological polar surface area (TPSA) is 120 Å². The third-order valence-corrected chi connectivity index (χ3v) is 7.24. The largest absolute Gasteiger partial charge is 0.398 e. The molecule has 2 aliphatic rings. The summed E-state index contributed by atoms with van der Waals surface area (Å²) in [6.45, 7) is 2.67. The highest BCUT2D eigenvalue weighted by molar-refractivity contribution is 5.84. The minimum absolute atomic E-state index is 0.316. The van der Waals surface area contributed by atoms with E-state index in [1.54, 1.807) is 0 Å². The number of anilines is 3. The number of nitrogen functional groups attached to an aromatic ring is 1. The third-order valence-electron chi connectivity index (χ3n) is 7.24. The lowest BCUT2D eigenvalue weighted by molar-refractivity contribution is 0.358. The highest BCUT2D eigenvalue weighted by Crippen LogP contribution is 2.32. The zero-order chi connectivity index (χ0) is 22.8. The molecular formula is C25H36N8. The Kier molecular flexibility index (Phi) is 6.35. The van der Waals surface area contributed by atoms with E-state index in [2.05, 4.69) is 28.2 Å². The Morgan fingerprint density at radius 3 is 2.61 bits per heavy atom. The van der Waals surface area contributed by atoms with Gasteiger partial charge in [-0.15, -0.1) is 0 Å². The quantitative estimate of drug-likeness (QED) is 0.409. The molecule has 8 nitrogen and oxygen atoms in total. The third kappa shape index (κ3) is 4.90. The molecule has 33 heavy (non-hydrogen) atoms. The second kappa shape index (κ2) is 9.55. The van der Waals surface area contributed by atoms with E-state index < -0.39 is 0 Å². The summed E-state index contributed by atoms with van der Waals surface area (Å²) in [4.78, 5) is 14.6. The molecule has 0 amide bonds. The predicted molar refractivity (Wildman–Crippen MR) is 134 cm³/mol. The van der Waals surface area contributed by atoms with Crippen molar-refractivity contribution < 1.29 is 0 Å². The van der Waals surface area contributed by atoms with Gasteiger partial charge in [-0.05, 0) is 57.1 Å². The Bertz CT molecular complexity index is 1090. The van der Waals surface area contributed by atoms with Gasteiger partial charge in [0, 0.05) is 30.4 Å². The molecule has 176 valence electrons. The monoisotopic (exact) mass is 448 g/mol. The highest BCUT2D eigenvalue weighted by Gasteiger charge is 2.23. The molecule has 0 spiro atoms. The van der Waals surface area contributed by atoms with Crippen LogP contribution in [0.5, 0.6) is 0 Å². The van der Waals surface area contributed by atoms with Crippen LogP contribution in [0, 0.1) is 6.92 Å². The molecule has 2 saturated carbocycles. The number of hydrogen-bond acceptors (Lipinski definition) is 7. The second-order valence-corrected chi connectivity index (χ2v) is 9.82. The van der Waals surface area contributed by atoms with Crippen molar-refractivity contribution in [2.75, 3.05) is 16.4 Å². The van der Waals surface area contributed by atoms with Gasteiger partial charge in [0.1, 0.15) is 0 Å². The molecule has 2 aliphatic carbocycles. The molecule has 0 bridgehead atoms. The van der Waals surface area contributed by atoms with Crippen molar-refractivity contribution in [3.63, 3.8) is 0 Å².